The maximum Gasteiger partial charge on any atom is 0.166 e. The summed E-state index contributed by atoms with van der Waals surface area (Å²) in [5.74, 6) is 0.235. The highest BCUT2D eigenvalue weighted by Crippen LogP contribution is 2.45. The Morgan fingerprint density at radius 3 is 2.71 bits per heavy atom. The summed E-state index contributed by atoms with van der Waals surface area (Å²) < 4.78 is 19.2. The van der Waals surface area contributed by atoms with Gasteiger partial charge >= 0.3 is 0 Å². The van der Waals surface area contributed by atoms with E-state index in [0.29, 0.717) is 5.75 Å². The molecule has 1 aromatic rings. The zero-order valence-electron chi connectivity index (χ0n) is 7.76. The smallest absolute Gasteiger partial charge is 0.166 e. The average molecular weight is 260 g/mol. The Hall–Kier alpha value is -0.610. The second kappa shape index (κ2) is 3.51. The summed E-state index contributed by atoms with van der Waals surface area (Å²) in [4.78, 5) is 0. The van der Waals surface area contributed by atoms with Gasteiger partial charge in [0.05, 0.1) is 7.11 Å². The molecule has 0 spiro atoms. The molecule has 0 bridgehead atoms. The second-order valence-corrected chi connectivity index (χ2v) is 4.43. The molecule has 2 unspecified atom stereocenters. The first kappa shape index (κ1) is 9.93. The molecule has 0 heterocycles. The Morgan fingerprint density at radius 1 is 1.57 bits per heavy atom. The number of benzene rings is 1. The first-order valence-electron chi connectivity index (χ1n) is 4.42. The fourth-order valence-electron chi connectivity index (χ4n) is 1.64. The molecule has 0 aromatic heterocycles. The van der Waals surface area contributed by atoms with Crippen LogP contribution in [0.1, 0.15) is 17.9 Å². The van der Waals surface area contributed by atoms with Gasteiger partial charge in [0.2, 0.25) is 0 Å². The van der Waals surface area contributed by atoms with Gasteiger partial charge in [0, 0.05) is 22.0 Å². The quantitative estimate of drug-likeness (QED) is 0.886. The molecule has 14 heavy (non-hydrogen) atoms. The van der Waals surface area contributed by atoms with Gasteiger partial charge in [-0.05, 0) is 18.6 Å². The summed E-state index contributed by atoms with van der Waals surface area (Å²) >= 11 is 3.26. The molecular weight excluding hydrogens is 249 g/mol. The van der Waals surface area contributed by atoms with Crippen molar-refractivity contribution in [3.8, 4) is 5.75 Å². The zero-order chi connectivity index (χ0) is 10.3. The largest absolute Gasteiger partial charge is 0.493 e. The van der Waals surface area contributed by atoms with Gasteiger partial charge in [-0.1, -0.05) is 15.9 Å². The third-order valence-electron chi connectivity index (χ3n) is 2.48. The van der Waals surface area contributed by atoms with Crippen LogP contribution in [0.4, 0.5) is 4.39 Å². The lowest BCUT2D eigenvalue weighted by molar-refractivity contribution is 0.381. The van der Waals surface area contributed by atoms with Gasteiger partial charge in [-0.25, -0.2) is 4.39 Å². The number of nitrogens with two attached hydrogens (primary N) is 1. The standard InChI is InChI=1S/C10H11BrFNO/c1-14-10-7(6-4-9(6)13)2-5(11)3-8(10)12/h2-3,6,9H,4,13H2,1H3. The molecule has 2 rings (SSSR count). The molecule has 0 radical (unpaired) electrons. The van der Waals surface area contributed by atoms with E-state index in [9.17, 15) is 4.39 Å². The van der Waals surface area contributed by atoms with E-state index in [4.69, 9.17) is 10.5 Å². The summed E-state index contributed by atoms with van der Waals surface area (Å²) in [6.45, 7) is 0. The number of hydrogen-bond acceptors (Lipinski definition) is 2. The summed E-state index contributed by atoms with van der Waals surface area (Å²) in [5, 5.41) is 0. The van der Waals surface area contributed by atoms with Crippen molar-refractivity contribution in [2.45, 2.75) is 18.4 Å². The Morgan fingerprint density at radius 2 is 2.21 bits per heavy atom. The van der Waals surface area contributed by atoms with Crippen molar-refractivity contribution in [1.29, 1.82) is 0 Å². The molecule has 0 saturated heterocycles. The average Bonchev–Trinajstić information content (AvgIpc) is 2.81. The van der Waals surface area contributed by atoms with Gasteiger partial charge < -0.3 is 10.5 Å². The van der Waals surface area contributed by atoms with Crippen molar-refractivity contribution in [2.75, 3.05) is 7.11 Å². The van der Waals surface area contributed by atoms with E-state index in [-0.39, 0.29) is 17.8 Å². The highest BCUT2D eigenvalue weighted by Gasteiger charge is 2.37. The van der Waals surface area contributed by atoms with Gasteiger partial charge in [-0.2, -0.15) is 0 Å². The SMILES string of the molecule is COc1c(F)cc(Br)cc1C1CC1N. The van der Waals surface area contributed by atoms with Gasteiger partial charge in [-0.3, -0.25) is 0 Å². The summed E-state index contributed by atoms with van der Waals surface area (Å²) in [6.07, 6.45) is 0.909. The minimum Gasteiger partial charge on any atom is -0.493 e. The molecule has 0 aliphatic heterocycles. The van der Waals surface area contributed by atoms with Crippen molar-refractivity contribution in [3.05, 3.63) is 28.0 Å². The van der Waals surface area contributed by atoms with Crippen molar-refractivity contribution in [1.82, 2.24) is 0 Å². The lowest BCUT2D eigenvalue weighted by Crippen LogP contribution is -2.03. The number of methoxy groups -OCH3 is 1. The van der Waals surface area contributed by atoms with Crippen LogP contribution in [0.2, 0.25) is 0 Å². The van der Waals surface area contributed by atoms with Crippen LogP contribution in [-0.2, 0) is 0 Å². The Bertz CT molecular complexity index is 369. The molecule has 1 fully saturated rings. The molecule has 1 saturated carbocycles. The van der Waals surface area contributed by atoms with Crippen molar-refractivity contribution < 1.29 is 9.13 Å². The van der Waals surface area contributed by atoms with E-state index < -0.39 is 0 Å². The zero-order valence-corrected chi connectivity index (χ0v) is 9.34. The lowest BCUT2D eigenvalue weighted by Gasteiger charge is -2.09. The van der Waals surface area contributed by atoms with E-state index in [2.05, 4.69) is 15.9 Å². The highest BCUT2D eigenvalue weighted by molar-refractivity contribution is 9.10. The van der Waals surface area contributed by atoms with E-state index in [1.54, 1.807) is 0 Å². The molecule has 0 amide bonds. The highest BCUT2D eigenvalue weighted by atomic mass is 79.9. The van der Waals surface area contributed by atoms with Crippen molar-refractivity contribution in [3.63, 3.8) is 0 Å². The van der Waals surface area contributed by atoms with Crippen LogP contribution >= 0.6 is 15.9 Å². The monoisotopic (exact) mass is 259 g/mol. The van der Waals surface area contributed by atoms with E-state index >= 15 is 0 Å². The third-order valence-corrected chi connectivity index (χ3v) is 2.94. The van der Waals surface area contributed by atoms with Crippen LogP contribution in [-0.4, -0.2) is 13.2 Å². The molecular formula is C10H11BrFNO. The first-order valence-corrected chi connectivity index (χ1v) is 5.21. The molecule has 1 aliphatic carbocycles. The minimum atomic E-state index is -0.337. The topological polar surface area (TPSA) is 35.2 Å². The predicted octanol–water partition coefficient (Wildman–Crippen LogP) is 2.41. The summed E-state index contributed by atoms with van der Waals surface area (Å²) in [5.41, 5.74) is 6.60. The van der Waals surface area contributed by atoms with Gasteiger partial charge in [0.1, 0.15) is 0 Å². The van der Waals surface area contributed by atoms with E-state index in [1.807, 2.05) is 6.07 Å². The minimum absolute atomic E-state index is 0.151. The van der Waals surface area contributed by atoms with E-state index in [1.165, 1.54) is 13.2 Å². The lowest BCUT2D eigenvalue weighted by atomic mass is 10.1. The van der Waals surface area contributed by atoms with Crippen LogP contribution in [0.25, 0.3) is 0 Å². The van der Waals surface area contributed by atoms with Gasteiger partial charge in [0.15, 0.2) is 11.6 Å². The van der Waals surface area contributed by atoms with Crippen molar-refractivity contribution in [2.24, 2.45) is 5.73 Å². The van der Waals surface area contributed by atoms with Crippen LogP contribution < -0.4 is 10.5 Å². The number of hydrogen-bond donors (Lipinski definition) is 1. The number of ether oxygens (including phenoxy) is 1. The Balaban J connectivity index is 2.45. The Labute approximate surface area is 90.4 Å². The first-order chi connectivity index (χ1) is 6.63. The van der Waals surface area contributed by atoms with Crippen LogP contribution in [0.5, 0.6) is 5.75 Å². The van der Waals surface area contributed by atoms with E-state index in [0.717, 1.165) is 16.5 Å². The molecule has 2 N–H and O–H groups in total. The van der Waals surface area contributed by atoms with Gasteiger partial charge in [-0.15, -0.1) is 0 Å². The molecule has 4 heteroatoms. The number of rotatable bonds is 2. The molecule has 2 atom stereocenters. The van der Waals surface area contributed by atoms with Gasteiger partial charge in [0.25, 0.3) is 0 Å². The van der Waals surface area contributed by atoms with Crippen molar-refractivity contribution >= 4 is 15.9 Å². The maximum absolute atomic E-state index is 13.4. The van der Waals surface area contributed by atoms with Crippen LogP contribution in [0, 0.1) is 5.82 Å². The molecule has 1 aromatic carbocycles. The second-order valence-electron chi connectivity index (χ2n) is 3.52. The van der Waals surface area contributed by atoms with Crippen LogP contribution in [0.3, 0.4) is 0 Å². The summed E-state index contributed by atoms with van der Waals surface area (Å²) in [6, 6.07) is 3.42. The fourth-order valence-corrected chi connectivity index (χ4v) is 2.09. The fraction of sp³-hybridized carbons (Fsp3) is 0.400. The molecule has 76 valence electrons. The number of halogens is 2. The normalized spacial score (nSPS) is 24.9. The maximum atomic E-state index is 13.4. The molecule has 1 aliphatic rings. The Kier molecular flexibility index (Phi) is 2.49. The molecule has 2 nitrogen and oxygen atoms in total. The summed E-state index contributed by atoms with van der Waals surface area (Å²) in [7, 11) is 1.48. The van der Waals surface area contributed by atoms with Crippen LogP contribution in [0.15, 0.2) is 16.6 Å². The predicted molar refractivity (Wildman–Crippen MR) is 56.0 cm³/mol. The third kappa shape index (κ3) is 1.64.